The molecule has 3 N–H and O–H groups in total. The lowest BCUT2D eigenvalue weighted by Gasteiger charge is -2.09. The summed E-state index contributed by atoms with van der Waals surface area (Å²) >= 11 is 0. The summed E-state index contributed by atoms with van der Waals surface area (Å²) < 4.78 is 0. The van der Waals surface area contributed by atoms with Crippen LogP contribution in [0.3, 0.4) is 0 Å². The molecule has 3 heteroatoms. The van der Waals surface area contributed by atoms with E-state index in [4.69, 9.17) is 15.6 Å². The van der Waals surface area contributed by atoms with Crippen LogP contribution in [0, 0.1) is 0 Å². The molecule has 0 fully saturated rings. The van der Waals surface area contributed by atoms with Crippen LogP contribution in [0.15, 0.2) is 0 Å². The van der Waals surface area contributed by atoms with Crippen LogP contribution in [-0.2, 0) is 4.79 Å². The molecule has 0 saturated heterocycles. The summed E-state index contributed by atoms with van der Waals surface area (Å²) in [5.74, 6) is 0. The van der Waals surface area contributed by atoms with Gasteiger partial charge in [0.2, 0.25) is 0 Å². The van der Waals surface area contributed by atoms with E-state index in [1.54, 1.807) is 0 Å². The van der Waals surface area contributed by atoms with Crippen molar-refractivity contribution in [1.29, 1.82) is 0 Å². The molecule has 0 rings (SSSR count). The first-order chi connectivity index (χ1) is 10.2. The second kappa shape index (κ2) is 21.7. The normalized spacial score (nSPS) is 11.6. The Hall–Kier alpha value is -0.570. The highest BCUT2D eigenvalue weighted by atomic mass is 16.3. The molecule has 0 heterocycles. The molecule has 0 spiro atoms. The minimum Gasteiger partial charge on any atom is -0.483 e. The fourth-order valence-corrected chi connectivity index (χ4v) is 2.59. The Morgan fingerprint density at radius 2 is 1.14 bits per heavy atom. The van der Waals surface area contributed by atoms with Crippen molar-refractivity contribution in [1.82, 2.24) is 0 Å². The van der Waals surface area contributed by atoms with E-state index in [0.29, 0.717) is 6.04 Å². The van der Waals surface area contributed by atoms with Gasteiger partial charge in [-0.15, -0.1) is 0 Å². The van der Waals surface area contributed by atoms with Gasteiger partial charge in [0.05, 0.1) is 0 Å². The summed E-state index contributed by atoms with van der Waals surface area (Å²) in [5.41, 5.74) is 6.00. The highest BCUT2D eigenvalue weighted by Gasteiger charge is 2.00. The van der Waals surface area contributed by atoms with Gasteiger partial charge < -0.3 is 10.8 Å². The number of carboxylic acid groups (broad SMARTS) is 1. The fourth-order valence-electron chi connectivity index (χ4n) is 2.59. The third-order valence-electron chi connectivity index (χ3n) is 3.84. The van der Waals surface area contributed by atoms with E-state index in [2.05, 4.69) is 13.8 Å². The van der Waals surface area contributed by atoms with Gasteiger partial charge in [0, 0.05) is 6.04 Å². The molecular formula is C18H39NO2. The lowest BCUT2D eigenvalue weighted by molar-refractivity contribution is -0.122. The Balaban J connectivity index is 0. The lowest BCUT2D eigenvalue weighted by Crippen LogP contribution is -2.18. The van der Waals surface area contributed by atoms with E-state index in [1.807, 2.05) is 0 Å². The van der Waals surface area contributed by atoms with Gasteiger partial charge in [0.15, 0.2) is 0 Å². The van der Waals surface area contributed by atoms with E-state index in [-0.39, 0.29) is 6.47 Å². The van der Waals surface area contributed by atoms with Crippen molar-refractivity contribution >= 4 is 6.47 Å². The largest absolute Gasteiger partial charge is 0.483 e. The molecule has 0 aromatic carbocycles. The van der Waals surface area contributed by atoms with Gasteiger partial charge in [0.25, 0.3) is 6.47 Å². The third kappa shape index (κ3) is 24.8. The summed E-state index contributed by atoms with van der Waals surface area (Å²) in [7, 11) is 0. The van der Waals surface area contributed by atoms with Gasteiger partial charge in [-0.25, -0.2) is 0 Å². The number of carbonyl (C=O) groups is 1. The van der Waals surface area contributed by atoms with E-state index in [1.165, 1.54) is 89.9 Å². The van der Waals surface area contributed by atoms with Crippen LogP contribution in [0.2, 0.25) is 0 Å². The number of nitrogens with two attached hydrogens (primary N) is 1. The molecule has 3 nitrogen and oxygen atoms in total. The summed E-state index contributed by atoms with van der Waals surface area (Å²) in [6, 6.07) is 0.466. The predicted octanol–water partition coefficient (Wildman–Crippen LogP) is 5.52. The molecule has 0 aliphatic rings. The van der Waals surface area contributed by atoms with Crippen LogP contribution in [0.5, 0.6) is 0 Å². The molecule has 128 valence electrons. The Bertz CT molecular complexity index is 186. The maximum atomic E-state index is 8.36. The number of rotatable bonds is 14. The molecule has 0 aromatic heterocycles. The summed E-state index contributed by atoms with van der Waals surface area (Å²) in [5, 5.41) is 6.89. The first-order valence-electron chi connectivity index (χ1n) is 9.06. The van der Waals surface area contributed by atoms with Gasteiger partial charge in [-0.3, -0.25) is 4.79 Å². The predicted molar refractivity (Wildman–Crippen MR) is 92.7 cm³/mol. The van der Waals surface area contributed by atoms with E-state index in [9.17, 15) is 0 Å². The van der Waals surface area contributed by atoms with Crippen molar-refractivity contribution in [3.05, 3.63) is 0 Å². The second-order valence-electron chi connectivity index (χ2n) is 5.98. The molecule has 0 aliphatic heterocycles. The SMILES string of the molecule is CCCCCCCCCCCCCC(N)CCC.O=CO. The minimum atomic E-state index is -0.250. The number of hydrogen-bond donors (Lipinski definition) is 2. The van der Waals surface area contributed by atoms with Gasteiger partial charge in [-0.2, -0.15) is 0 Å². The third-order valence-corrected chi connectivity index (χ3v) is 3.84. The summed E-state index contributed by atoms with van der Waals surface area (Å²) in [6.07, 6.45) is 19.4. The van der Waals surface area contributed by atoms with Crippen LogP contribution in [-0.4, -0.2) is 17.6 Å². The van der Waals surface area contributed by atoms with Crippen LogP contribution >= 0.6 is 0 Å². The maximum Gasteiger partial charge on any atom is 0.290 e. The van der Waals surface area contributed by atoms with Gasteiger partial charge >= 0.3 is 0 Å². The molecule has 0 saturated carbocycles. The number of unbranched alkanes of at least 4 members (excludes halogenated alkanes) is 10. The molecule has 1 atom stereocenters. The Morgan fingerprint density at radius 3 is 1.52 bits per heavy atom. The fraction of sp³-hybridized carbons (Fsp3) is 0.944. The molecule has 1 unspecified atom stereocenters. The average Bonchev–Trinajstić information content (AvgIpc) is 2.46. The topological polar surface area (TPSA) is 63.3 Å². The summed E-state index contributed by atoms with van der Waals surface area (Å²) in [4.78, 5) is 8.36. The maximum absolute atomic E-state index is 8.36. The first-order valence-corrected chi connectivity index (χ1v) is 9.06. The number of hydrogen-bond acceptors (Lipinski definition) is 2. The van der Waals surface area contributed by atoms with Crippen LogP contribution < -0.4 is 5.73 Å². The van der Waals surface area contributed by atoms with Crippen molar-refractivity contribution in [2.24, 2.45) is 5.73 Å². The zero-order valence-electron chi connectivity index (χ0n) is 14.5. The highest BCUT2D eigenvalue weighted by molar-refractivity contribution is 5.32. The Labute approximate surface area is 132 Å². The molecule has 0 aliphatic carbocycles. The molecule has 0 radical (unpaired) electrons. The van der Waals surface area contributed by atoms with Crippen molar-refractivity contribution in [2.75, 3.05) is 0 Å². The van der Waals surface area contributed by atoms with Gasteiger partial charge in [-0.1, -0.05) is 90.9 Å². The van der Waals surface area contributed by atoms with E-state index < -0.39 is 0 Å². The molecular weight excluding hydrogens is 262 g/mol. The Kier molecular flexibility index (Phi) is 23.5. The van der Waals surface area contributed by atoms with Crippen molar-refractivity contribution in [3.8, 4) is 0 Å². The van der Waals surface area contributed by atoms with Crippen LogP contribution in [0.4, 0.5) is 0 Å². The average molecular weight is 302 g/mol. The highest BCUT2D eigenvalue weighted by Crippen LogP contribution is 2.12. The molecule has 21 heavy (non-hydrogen) atoms. The standard InChI is InChI=1S/C17H37N.CH2O2/c1-3-5-6-7-8-9-10-11-12-13-14-16-17(18)15-4-2;2-1-3/h17H,3-16,18H2,1-2H3;1H,(H,2,3). The smallest absolute Gasteiger partial charge is 0.290 e. The summed E-state index contributed by atoms with van der Waals surface area (Å²) in [6.45, 7) is 4.26. The van der Waals surface area contributed by atoms with Crippen LogP contribution in [0.1, 0.15) is 104 Å². The van der Waals surface area contributed by atoms with Gasteiger partial charge in [-0.05, 0) is 12.8 Å². The van der Waals surface area contributed by atoms with Crippen molar-refractivity contribution in [2.45, 2.75) is 110 Å². The first kappa shape index (κ1) is 22.7. The molecule has 0 aromatic rings. The zero-order valence-corrected chi connectivity index (χ0v) is 14.5. The lowest BCUT2D eigenvalue weighted by atomic mass is 10.0. The van der Waals surface area contributed by atoms with Gasteiger partial charge in [0.1, 0.15) is 0 Å². The van der Waals surface area contributed by atoms with Crippen molar-refractivity contribution in [3.63, 3.8) is 0 Å². The zero-order chi connectivity index (χ0) is 16.2. The quantitative estimate of drug-likeness (QED) is 0.328. The van der Waals surface area contributed by atoms with Crippen molar-refractivity contribution < 1.29 is 9.90 Å². The molecule has 0 amide bonds. The Morgan fingerprint density at radius 1 is 0.762 bits per heavy atom. The van der Waals surface area contributed by atoms with E-state index >= 15 is 0 Å². The minimum absolute atomic E-state index is 0.250. The molecule has 0 bridgehead atoms. The van der Waals surface area contributed by atoms with Crippen LogP contribution in [0.25, 0.3) is 0 Å². The monoisotopic (exact) mass is 301 g/mol. The second-order valence-corrected chi connectivity index (χ2v) is 5.98. The van der Waals surface area contributed by atoms with E-state index in [0.717, 1.165) is 0 Å².